The summed E-state index contributed by atoms with van der Waals surface area (Å²) in [7, 11) is -3.23. The van der Waals surface area contributed by atoms with Gasteiger partial charge in [0.1, 0.15) is 0 Å². The summed E-state index contributed by atoms with van der Waals surface area (Å²) in [6.07, 6.45) is -4.29. The molecule has 1 aliphatic heterocycles. The summed E-state index contributed by atoms with van der Waals surface area (Å²) in [5.74, 6) is -0.822. The van der Waals surface area contributed by atoms with Gasteiger partial charge in [-0.2, -0.15) is 18.3 Å². The number of aryl methyl sites for hydroxylation is 1. The number of pyridine rings is 1. The van der Waals surface area contributed by atoms with Gasteiger partial charge in [0, 0.05) is 5.56 Å². The predicted molar refractivity (Wildman–Crippen MR) is 129 cm³/mol. The zero-order chi connectivity index (χ0) is 25.7. The smallest absolute Gasteiger partial charge is 0.321 e. The number of hydrogen-bond acceptors (Lipinski definition) is 5. The van der Waals surface area contributed by atoms with Crippen molar-refractivity contribution in [1.82, 2.24) is 14.8 Å². The second-order valence-electron chi connectivity index (χ2n) is 8.70. The Balaban J connectivity index is 1.67. The molecule has 1 unspecified atom stereocenters. The maximum absolute atomic E-state index is 13.5. The first-order valence-electron chi connectivity index (χ1n) is 11.2. The van der Waals surface area contributed by atoms with Crippen LogP contribution in [0.25, 0.3) is 22.3 Å². The van der Waals surface area contributed by atoms with Crippen LogP contribution in [0.2, 0.25) is 0 Å². The minimum Gasteiger partial charge on any atom is -0.321 e. The standard InChI is InChI=1S/C25H21F3N4O3S/c1-15-22-18(24(33)30-20-10-6-5-9-19(20)25(26,27)28)13-21(16-7-3-2-4-8-16)29-23(22)32(31-15)17-11-12-36(34,35)14-17/h2-10,13,17H,11-12,14H2,1H3,(H,30,33). The molecule has 0 bridgehead atoms. The minimum absolute atomic E-state index is 0.0258. The molecule has 0 spiro atoms. The van der Waals surface area contributed by atoms with Crippen molar-refractivity contribution in [2.75, 3.05) is 16.8 Å². The van der Waals surface area contributed by atoms with Crippen LogP contribution in [0.5, 0.6) is 0 Å². The van der Waals surface area contributed by atoms with Gasteiger partial charge in [-0.05, 0) is 31.5 Å². The summed E-state index contributed by atoms with van der Waals surface area (Å²) in [5.41, 5.74) is 0.609. The molecule has 4 aromatic rings. The van der Waals surface area contributed by atoms with E-state index in [1.807, 2.05) is 6.07 Å². The summed E-state index contributed by atoms with van der Waals surface area (Å²) in [5, 5.41) is 7.27. The first-order chi connectivity index (χ1) is 17.0. The first-order valence-corrected chi connectivity index (χ1v) is 13.0. The summed E-state index contributed by atoms with van der Waals surface area (Å²) in [4.78, 5) is 18.1. The zero-order valence-corrected chi connectivity index (χ0v) is 19.9. The van der Waals surface area contributed by atoms with Crippen molar-refractivity contribution in [1.29, 1.82) is 0 Å². The highest BCUT2D eigenvalue weighted by Crippen LogP contribution is 2.36. The molecule has 0 saturated carbocycles. The molecule has 3 heterocycles. The lowest BCUT2D eigenvalue weighted by Crippen LogP contribution is -2.17. The Morgan fingerprint density at radius 1 is 1.08 bits per heavy atom. The van der Waals surface area contributed by atoms with Gasteiger partial charge in [-0.3, -0.25) is 4.79 Å². The van der Waals surface area contributed by atoms with Gasteiger partial charge in [-0.15, -0.1) is 0 Å². The van der Waals surface area contributed by atoms with E-state index in [2.05, 4.69) is 10.4 Å². The molecule has 1 atom stereocenters. The van der Waals surface area contributed by atoms with Crippen molar-refractivity contribution in [2.45, 2.75) is 25.6 Å². The van der Waals surface area contributed by atoms with E-state index in [0.29, 0.717) is 34.4 Å². The van der Waals surface area contributed by atoms with Crippen LogP contribution >= 0.6 is 0 Å². The molecular formula is C25H21F3N4O3S. The maximum Gasteiger partial charge on any atom is 0.418 e. The number of carbonyl (C=O) groups is 1. The molecule has 5 rings (SSSR count). The van der Waals surface area contributed by atoms with E-state index in [-0.39, 0.29) is 22.8 Å². The average molecular weight is 515 g/mol. The fourth-order valence-corrected chi connectivity index (χ4v) is 6.19. The highest BCUT2D eigenvalue weighted by molar-refractivity contribution is 7.91. The lowest BCUT2D eigenvalue weighted by atomic mass is 10.0. The molecule has 11 heteroatoms. The number of sulfone groups is 1. The van der Waals surface area contributed by atoms with Crippen LogP contribution in [0.3, 0.4) is 0 Å². The van der Waals surface area contributed by atoms with Gasteiger partial charge in [0.05, 0.1) is 51.1 Å². The Morgan fingerprint density at radius 3 is 2.44 bits per heavy atom. The third-order valence-corrected chi connectivity index (χ3v) is 7.94. The molecule has 1 saturated heterocycles. The second-order valence-corrected chi connectivity index (χ2v) is 10.9. The van der Waals surface area contributed by atoms with E-state index in [4.69, 9.17) is 4.98 Å². The number of fused-ring (bicyclic) bond motifs is 1. The molecule has 1 aliphatic rings. The Kier molecular flexibility index (Phi) is 5.82. The van der Waals surface area contributed by atoms with Gasteiger partial charge in [0.15, 0.2) is 15.5 Å². The van der Waals surface area contributed by atoms with Crippen LogP contribution in [0, 0.1) is 6.92 Å². The van der Waals surface area contributed by atoms with E-state index < -0.39 is 33.5 Å². The molecule has 2 aromatic carbocycles. The van der Waals surface area contributed by atoms with Gasteiger partial charge >= 0.3 is 6.18 Å². The predicted octanol–water partition coefficient (Wildman–Crippen LogP) is 5.04. The molecule has 1 amide bonds. The number of nitrogens with one attached hydrogen (secondary N) is 1. The van der Waals surface area contributed by atoms with Crippen molar-refractivity contribution in [3.8, 4) is 11.3 Å². The fraction of sp³-hybridized carbons (Fsp3) is 0.240. The Hall–Kier alpha value is -3.73. The van der Waals surface area contributed by atoms with E-state index >= 15 is 0 Å². The third kappa shape index (κ3) is 4.46. The molecule has 2 aromatic heterocycles. The van der Waals surface area contributed by atoms with Gasteiger partial charge in [0.2, 0.25) is 0 Å². The monoisotopic (exact) mass is 514 g/mol. The van der Waals surface area contributed by atoms with Crippen molar-refractivity contribution in [3.05, 3.63) is 77.5 Å². The lowest BCUT2D eigenvalue weighted by Gasteiger charge is -2.15. The number of nitrogens with zero attached hydrogens (tertiary/aromatic N) is 3. The quantitative estimate of drug-likeness (QED) is 0.412. The van der Waals surface area contributed by atoms with E-state index in [9.17, 15) is 26.4 Å². The Morgan fingerprint density at radius 2 is 1.78 bits per heavy atom. The van der Waals surface area contributed by atoms with E-state index in [1.54, 1.807) is 31.2 Å². The largest absolute Gasteiger partial charge is 0.418 e. The molecule has 0 aliphatic carbocycles. The van der Waals surface area contributed by atoms with E-state index in [0.717, 1.165) is 6.07 Å². The van der Waals surface area contributed by atoms with E-state index in [1.165, 1.54) is 28.9 Å². The number of halogens is 3. The molecule has 186 valence electrons. The Labute approximate surface area is 204 Å². The number of benzene rings is 2. The number of aromatic nitrogens is 3. The summed E-state index contributed by atoms with van der Waals surface area (Å²) in [6, 6.07) is 14.8. The van der Waals surface area contributed by atoms with Crippen molar-refractivity contribution in [2.24, 2.45) is 0 Å². The summed E-state index contributed by atoms with van der Waals surface area (Å²) < 4.78 is 66.3. The number of carbonyl (C=O) groups excluding carboxylic acids is 1. The van der Waals surface area contributed by atoms with Crippen molar-refractivity contribution >= 4 is 32.5 Å². The number of alkyl halides is 3. The number of hydrogen-bond donors (Lipinski definition) is 1. The fourth-order valence-electron chi connectivity index (χ4n) is 4.50. The van der Waals surface area contributed by atoms with Crippen LogP contribution in [0.4, 0.5) is 18.9 Å². The number of para-hydroxylation sites is 1. The molecule has 1 fully saturated rings. The average Bonchev–Trinajstić information content (AvgIpc) is 3.37. The van der Waals surface area contributed by atoms with Crippen molar-refractivity contribution < 1.29 is 26.4 Å². The molecule has 36 heavy (non-hydrogen) atoms. The third-order valence-electron chi connectivity index (χ3n) is 6.19. The first kappa shape index (κ1) is 24.0. The second kappa shape index (κ2) is 8.74. The number of anilines is 1. The minimum atomic E-state index is -4.65. The van der Waals surface area contributed by atoms with Gasteiger partial charge < -0.3 is 5.32 Å². The summed E-state index contributed by atoms with van der Waals surface area (Å²) >= 11 is 0. The molecule has 1 N–H and O–H groups in total. The van der Waals surface area contributed by atoms with Crippen LogP contribution < -0.4 is 5.32 Å². The normalized spacial score (nSPS) is 17.4. The molecule has 7 nitrogen and oxygen atoms in total. The maximum atomic E-state index is 13.5. The SMILES string of the molecule is Cc1nn(C2CCS(=O)(=O)C2)c2nc(-c3ccccc3)cc(C(=O)Nc3ccccc3C(F)(F)F)c12. The van der Waals surface area contributed by atoms with Crippen molar-refractivity contribution in [3.63, 3.8) is 0 Å². The highest BCUT2D eigenvalue weighted by Gasteiger charge is 2.35. The van der Waals surface area contributed by atoms with Crippen LogP contribution in [0.1, 0.15) is 34.1 Å². The Bertz CT molecular complexity index is 1580. The number of rotatable bonds is 4. The highest BCUT2D eigenvalue weighted by atomic mass is 32.2. The zero-order valence-electron chi connectivity index (χ0n) is 19.1. The summed E-state index contributed by atoms with van der Waals surface area (Å²) in [6.45, 7) is 1.66. The molecule has 0 radical (unpaired) electrons. The van der Waals surface area contributed by atoms with Crippen LogP contribution in [-0.4, -0.2) is 40.6 Å². The van der Waals surface area contributed by atoms with Gasteiger partial charge in [-0.1, -0.05) is 42.5 Å². The molecular weight excluding hydrogens is 493 g/mol. The van der Waals surface area contributed by atoms with Crippen LogP contribution in [-0.2, 0) is 16.0 Å². The number of amides is 1. The van der Waals surface area contributed by atoms with Crippen LogP contribution in [0.15, 0.2) is 60.7 Å². The lowest BCUT2D eigenvalue weighted by molar-refractivity contribution is -0.136. The van der Waals surface area contributed by atoms with Gasteiger partial charge in [-0.25, -0.2) is 18.1 Å². The topological polar surface area (TPSA) is 93.9 Å². The van der Waals surface area contributed by atoms with Gasteiger partial charge in [0.25, 0.3) is 5.91 Å².